The number of carboxylic acids is 2. The molecule has 0 saturated carbocycles. The maximum Gasteiger partial charge on any atom is 2.00 e. The second kappa shape index (κ2) is 72.8. The number of carboxylic acid groups (broad SMARTS) is 2. The largest absolute Gasteiger partial charge is 2.00 e. The summed E-state index contributed by atoms with van der Waals surface area (Å²) in [7, 11) is 0. The Balaban J connectivity index is -0.00000148. The first-order valence-electron chi connectivity index (χ1n) is 36.0. The van der Waals surface area contributed by atoms with E-state index in [4.69, 9.17) is 9.47 Å². The van der Waals surface area contributed by atoms with E-state index >= 15 is 0 Å². The molecule has 0 aliphatic carbocycles. The predicted octanol–water partition coefficient (Wildman–Crippen LogP) is 21.6. The van der Waals surface area contributed by atoms with Crippen molar-refractivity contribution in [3.8, 4) is 0 Å². The molecule has 0 N–H and O–H groups in total. The number of rotatable bonds is 66. The molecule has 0 aromatic rings. The van der Waals surface area contributed by atoms with Crippen LogP contribution in [0.25, 0.3) is 0 Å². The Hall–Kier alpha value is -1.50. The molecule has 0 bridgehead atoms. The standard InChI is InChI=1S/2C36H70O4.Zn/c2*1-3-5-7-9-11-13-15-16-17-18-20-22-24-26-28-33-36(39)40-34(31-29-32-35(37)38)30-27-25-23-21-19-14-12-10-8-6-4-2;/h2*34H,3-33H2,1-2H3,(H,37,38);/q;;+2/p-2. The summed E-state index contributed by atoms with van der Waals surface area (Å²) in [5, 5.41) is 21.6. The topological polar surface area (TPSA) is 133 Å². The number of carbonyl (C=O) groups excluding carboxylic acids is 4. The van der Waals surface area contributed by atoms with Crippen molar-refractivity contribution in [1.29, 1.82) is 0 Å². The Morgan fingerprint density at radius 1 is 0.235 bits per heavy atom. The zero-order valence-electron chi connectivity index (χ0n) is 55.0. The third-order valence-corrected chi connectivity index (χ3v) is 16.6. The van der Waals surface area contributed by atoms with Crippen molar-refractivity contribution in [2.45, 2.75) is 438 Å². The second-order valence-corrected chi connectivity index (χ2v) is 24.8. The molecule has 2 unspecified atom stereocenters. The minimum absolute atomic E-state index is 0. The van der Waals surface area contributed by atoms with Gasteiger partial charge in [-0.25, -0.2) is 0 Å². The predicted molar refractivity (Wildman–Crippen MR) is 339 cm³/mol. The van der Waals surface area contributed by atoms with E-state index in [-0.39, 0.29) is 56.5 Å². The van der Waals surface area contributed by atoms with Gasteiger partial charge < -0.3 is 29.3 Å². The van der Waals surface area contributed by atoms with Gasteiger partial charge in [0.1, 0.15) is 12.2 Å². The maximum absolute atomic E-state index is 12.4. The minimum Gasteiger partial charge on any atom is -0.550 e. The summed E-state index contributed by atoms with van der Waals surface area (Å²) in [6.07, 6.45) is 72.8. The van der Waals surface area contributed by atoms with Gasteiger partial charge >= 0.3 is 31.4 Å². The Kier molecular flexibility index (Phi) is 75.2. The molecule has 8 nitrogen and oxygen atoms in total. The molecule has 0 saturated heterocycles. The molecule has 0 aliphatic rings. The van der Waals surface area contributed by atoms with Gasteiger partial charge in [0.25, 0.3) is 0 Å². The van der Waals surface area contributed by atoms with Gasteiger partial charge in [-0.3, -0.25) is 9.59 Å². The van der Waals surface area contributed by atoms with Crippen LogP contribution >= 0.6 is 0 Å². The van der Waals surface area contributed by atoms with E-state index in [0.29, 0.717) is 38.5 Å². The minimum atomic E-state index is -1.02. The van der Waals surface area contributed by atoms with Crippen LogP contribution in [0.1, 0.15) is 426 Å². The molecule has 0 spiro atoms. The van der Waals surface area contributed by atoms with Crippen molar-refractivity contribution in [3.05, 3.63) is 0 Å². The van der Waals surface area contributed by atoms with Gasteiger partial charge in [-0.2, -0.15) is 0 Å². The fraction of sp³-hybridized carbons (Fsp3) is 0.944. The first-order chi connectivity index (χ1) is 39.2. The van der Waals surface area contributed by atoms with Crippen LogP contribution in [-0.4, -0.2) is 36.1 Å². The van der Waals surface area contributed by atoms with Crippen LogP contribution in [0, 0.1) is 0 Å². The third kappa shape index (κ3) is 74.6. The number of esters is 2. The summed E-state index contributed by atoms with van der Waals surface area (Å²) in [5.74, 6) is -2.23. The number of carbonyl (C=O) groups is 4. The van der Waals surface area contributed by atoms with E-state index < -0.39 is 11.9 Å². The Morgan fingerprint density at radius 2 is 0.395 bits per heavy atom. The van der Waals surface area contributed by atoms with Gasteiger partial charge in [-0.05, 0) is 77.0 Å². The summed E-state index contributed by atoms with van der Waals surface area (Å²) < 4.78 is 11.6. The van der Waals surface area contributed by atoms with Gasteiger partial charge in [0.15, 0.2) is 0 Å². The summed E-state index contributed by atoms with van der Waals surface area (Å²) in [5.41, 5.74) is 0. The van der Waals surface area contributed by atoms with Crippen molar-refractivity contribution in [1.82, 2.24) is 0 Å². The summed E-state index contributed by atoms with van der Waals surface area (Å²) in [6, 6.07) is 0. The average Bonchev–Trinajstić information content (AvgIpc) is 3.43. The molecule has 0 aromatic heterocycles. The molecular formula is C72H138O8Zn. The molecule has 0 heterocycles. The number of hydrogen-bond acceptors (Lipinski definition) is 8. The quantitative estimate of drug-likeness (QED) is 0.0334. The molecule has 0 radical (unpaired) electrons. The Bertz CT molecular complexity index is 1170. The third-order valence-electron chi connectivity index (χ3n) is 16.6. The Morgan fingerprint density at radius 3 is 0.580 bits per heavy atom. The molecule has 0 fully saturated rings. The monoisotopic (exact) mass is 1190 g/mol. The number of unbranched alkanes of at least 4 members (excludes halogenated alkanes) is 48. The molecule has 476 valence electrons. The second-order valence-electron chi connectivity index (χ2n) is 24.8. The molecule has 0 rings (SSSR count). The SMILES string of the molecule is CCCCCCCCCCCCCCCCCC(=O)OC(CCCCCCCCCCCCC)CCCC(=O)[O-].CCCCCCCCCCCCCCCCCC(=O)OC(CCCCCCCCCCCCC)CCCC(=O)[O-].[Zn+2]. The number of hydrogen-bond donors (Lipinski definition) is 0. The maximum atomic E-state index is 12.4. The molecular weight excluding hydrogens is 1060 g/mol. The van der Waals surface area contributed by atoms with Gasteiger partial charge in [-0.1, -0.05) is 336 Å². The molecule has 0 aromatic carbocycles. The first kappa shape index (κ1) is 83.7. The van der Waals surface area contributed by atoms with Gasteiger partial charge in [-0.15, -0.1) is 0 Å². The van der Waals surface area contributed by atoms with Crippen LogP contribution < -0.4 is 10.2 Å². The smallest absolute Gasteiger partial charge is 0.550 e. The van der Waals surface area contributed by atoms with Crippen molar-refractivity contribution < 1.29 is 58.3 Å². The Labute approximate surface area is 517 Å². The van der Waals surface area contributed by atoms with Crippen LogP contribution in [0.4, 0.5) is 0 Å². The van der Waals surface area contributed by atoms with E-state index in [9.17, 15) is 29.4 Å². The van der Waals surface area contributed by atoms with Gasteiger partial charge in [0.05, 0.1) is 0 Å². The van der Waals surface area contributed by atoms with E-state index in [1.54, 1.807) is 0 Å². The zero-order chi connectivity index (χ0) is 58.7. The molecule has 0 amide bonds. The normalized spacial score (nSPS) is 11.9. The van der Waals surface area contributed by atoms with Crippen molar-refractivity contribution >= 4 is 23.9 Å². The zero-order valence-corrected chi connectivity index (χ0v) is 57.9. The average molecular weight is 1200 g/mol. The van der Waals surface area contributed by atoms with Gasteiger partial charge in [0.2, 0.25) is 0 Å². The summed E-state index contributed by atoms with van der Waals surface area (Å²) >= 11 is 0. The van der Waals surface area contributed by atoms with E-state index in [0.717, 1.165) is 51.4 Å². The van der Waals surface area contributed by atoms with E-state index in [2.05, 4.69) is 27.7 Å². The van der Waals surface area contributed by atoms with Crippen molar-refractivity contribution in [2.24, 2.45) is 0 Å². The first-order valence-corrected chi connectivity index (χ1v) is 36.0. The molecule has 81 heavy (non-hydrogen) atoms. The summed E-state index contributed by atoms with van der Waals surface area (Å²) in [6.45, 7) is 9.07. The van der Waals surface area contributed by atoms with Crippen LogP contribution in [-0.2, 0) is 48.1 Å². The fourth-order valence-corrected chi connectivity index (χ4v) is 11.3. The summed E-state index contributed by atoms with van der Waals surface area (Å²) in [4.78, 5) is 46.5. The number of aliphatic carboxylic acids is 2. The van der Waals surface area contributed by atoms with Crippen molar-refractivity contribution in [2.75, 3.05) is 0 Å². The van der Waals surface area contributed by atoms with Crippen LogP contribution in [0.5, 0.6) is 0 Å². The van der Waals surface area contributed by atoms with Crippen LogP contribution in [0.3, 0.4) is 0 Å². The van der Waals surface area contributed by atoms with Crippen LogP contribution in [0.2, 0.25) is 0 Å². The van der Waals surface area contributed by atoms with E-state index in [1.807, 2.05) is 0 Å². The number of ether oxygens (including phenoxy) is 2. The molecule has 2 atom stereocenters. The van der Waals surface area contributed by atoms with Crippen LogP contribution in [0.15, 0.2) is 0 Å². The van der Waals surface area contributed by atoms with Gasteiger partial charge in [0, 0.05) is 24.8 Å². The molecule has 0 aliphatic heterocycles. The fourth-order valence-electron chi connectivity index (χ4n) is 11.3. The van der Waals surface area contributed by atoms with E-state index in [1.165, 1.54) is 295 Å². The molecule has 9 heteroatoms. The van der Waals surface area contributed by atoms with Crippen molar-refractivity contribution in [3.63, 3.8) is 0 Å².